The van der Waals surface area contributed by atoms with Crippen molar-refractivity contribution in [3.63, 3.8) is 0 Å². The lowest BCUT2D eigenvalue weighted by molar-refractivity contribution is -0.151. The molecule has 1 rings (SSSR count). The van der Waals surface area contributed by atoms with Gasteiger partial charge in [0, 0.05) is 7.05 Å². The van der Waals surface area contributed by atoms with Crippen LogP contribution in [0.25, 0.3) is 0 Å². The molecular weight excluding hydrogens is 229 g/mol. The maximum Gasteiger partial charge on any atom is 0.435 e. The SMILES string of the molecule is COC(=O)C(O)c1cc(C(F)(F)F)nn1C. The van der Waals surface area contributed by atoms with Gasteiger partial charge >= 0.3 is 12.1 Å². The van der Waals surface area contributed by atoms with E-state index >= 15 is 0 Å². The molecule has 1 unspecified atom stereocenters. The molecule has 8 heteroatoms. The quantitative estimate of drug-likeness (QED) is 0.768. The zero-order valence-electron chi connectivity index (χ0n) is 8.45. The number of carbonyl (C=O) groups excluding carboxylic acids is 1. The van der Waals surface area contributed by atoms with Crippen molar-refractivity contribution in [1.29, 1.82) is 0 Å². The molecule has 0 aromatic carbocycles. The Labute approximate surface area is 88.4 Å². The minimum Gasteiger partial charge on any atom is -0.467 e. The number of alkyl halides is 3. The van der Waals surface area contributed by atoms with Crippen LogP contribution in [0.4, 0.5) is 13.2 Å². The van der Waals surface area contributed by atoms with Gasteiger partial charge in [0.25, 0.3) is 0 Å². The predicted octanol–water partition coefficient (Wildman–Crippen LogP) is 0.645. The van der Waals surface area contributed by atoms with Crippen molar-refractivity contribution in [1.82, 2.24) is 9.78 Å². The van der Waals surface area contributed by atoms with E-state index in [0.29, 0.717) is 6.07 Å². The van der Waals surface area contributed by atoms with E-state index < -0.39 is 23.9 Å². The number of rotatable bonds is 2. The third-order valence-corrected chi connectivity index (χ3v) is 1.91. The van der Waals surface area contributed by atoms with Crippen molar-refractivity contribution in [3.8, 4) is 0 Å². The molecule has 0 aliphatic carbocycles. The van der Waals surface area contributed by atoms with Crippen molar-refractivity contribution in [3.05, 3.63) is 17.5 Å². The summed E-state index contributed by atoms with van der Waals surface area (Å²) in [4.78, 5) is 10.9. The van der Waals surface area contributed by atoms with Gasteiger partial charge in [0.15, 0.2) is 11.8 Å². The second kappa shape index (κ2) is 4.12. The van der Waals surface area contributed by atoms with Crippen LogP contribution < -0.4 is 0 Å². The topological polar surface area (TPSA) is 64.3 Å². The Morgan fingerprint density at radius 3 is 2.56 bits per heavy atom. The van der Waals surface area contributed by atoms with Crippen LogP contribution in [0, 0.1) is 0 Å². The molecule has 1 atom stereocenters. The largest absolute Gasteiger partial charge is 0.467 e. The third kappa shape index (κ3) is 2.32. The number of carbonyl (C=O) groups is 1. The second-order valence-corrected chi connectivity index (χ2v) is 3.00. The molecule has 0 amide bonds. The molecule has 1 aromatic rings. The van der Waals surface area contributed by atoms with Gasteiger partial charge < -0.3 is 9.84 Å². The van der Waals surface area contributed by atoms with Crippen molar-refractivity contribution < 1.29 is 27.8 Å². The van der Waals surface area contributed by atoms with E-state index in [1.807, 2.05) is 0 Å². The molecule has 16 heavy (non-hydrogen) atoms. The van der Waals surface area contributed by atoms with E-state index in [4.69, 9.17) is 0 Å². The number of hydrogen-bond donors (Lipinski definition) is 1. The number of aliphatic hydroxyl groups excluding tert-OH is 1. The van der Waals surface area contributed by atoms with E-state index in [-0.39, 0.29) is 5.69 Å². The highest BCUT2D eigenvalue weighted by molar-refractivity contribution is 5.75. The molecule has 0 aliphatic rings. The summed E-state index contributed by atoms with van der Waals surface area (Å²) in [6, 6.07) is 0.599. The van der Waals surface area contributed by atoms with Gasteiger partial charge in [-0.15, -0.1) is 0 Å². The van der Waals surface area contributed by atoms with Crippen LogP contribution in [-0.2, 0) is 22.8 Å². The van der Waals surface area contributed by atoms with E-state index in [9.17, 15) is 23.1 Å². The lowest BCUT2D eigenvalue weighted by Crippen LogP contribution is -2.16. The van der Waals surface area contributed by atoms with E-state index in [0.717, 1.165) is 11.8 Å². The van der Waals surface area contributed by atoms with E-state index in [2.05, 4.69) is 9.84 Å². The van der Waals surface area contributed by atoms with E-state index in [1.54, 1.807) is 0 Å². The average Bonchev–Trinajstić information content (AvgIpc) is 2.57. The number of hydrogen-bond acceptors (Lipinski definition) is 4. The first kappa shape index (κ1) is 12.5. The standard InChI is InChI=1S/C8H9F3N2O3/c1-13-4(6(14)7(15)16-2)3-5(12-13)8(9,10)11/h3,6,14H,1-2H3. The van der Waals surface area contributed by atoms with Crippen molar-refractivity contribution >= 4 is 5.97 Å². The first-order chi connectivity index (χ1) is 7.27. The van der Waals surface area contributed by atoms with Crippen LogP contribution in [0.15, 0.2) is 6.07 Å². The Kier molecular flexibility index (Phi) is 3.22. The van der Waals surface area contributed by atoms with Gasteiger partial charge in [0.2, 0.25) is 0 Å². The molecule has 1 heterocycles. The second-order valence-electron chi connectivity index (χ2n) is 3.00. The van der Waals surface area contributed by atoms with Crippen LogP contribution in [0.1, 0.15) is 17.5 Å². The Morgan fingerprint density at radius 2 is 2.19 bits per heavy atom. The third-order valence-electron chi connectivity index (χ3n) is 1.91. The van der Waals surface area contributed by atoms with Gasteiger partial charge in [0.05, 0.1) is 12.8 Å². The lowest BCUT2D eigenvalue weighted by atomic mass is 10.2. The summed E-state index contributed by atoms with van der Waals surface area (Å²) in [7, 11) is 2.21. The van der Waals surface area contributed by atoms with Gasteiger partial charge in [-0.1, -0.05) is 0 Å². The van der Waals surface area contributed by atoms with Gasteiger partial charge in [-0.2, -0.15) is 18.3 Å². The Balaban J connectivity index is 3.07. The van der Waals surface area contributed by atoms with Crippen LogP contribution in [0.2, 0.25) is 0 Å². The molecule has 0 spiro atoms. The molecule has 0 radical (unpaired) electrons. The average molecular weight is 238 g/mol. The minimum absolute atomic E-state index is 0.279. The molecule has 0 saturated carbocycles. The number of nitrogens with zero attached hydrogens (tertiary/aromatic N) is 2. The molecule has 1 N–H and O–H groups in total. The van der Waals surface area contributed by atoms with Gasteiger partial charge in [-0.05, 0) is 6.07 Å². The number of aryl methyl sites for hydroxylation is 1. The highest BCUT2D eigenvalue weighted by Gasteiger charge is 2.36. The molecule has 0 bridgehead atoms. The Bertz CT molecular complexity index is 400. The number of aromatic nitrogens is 2. The highest BCUT2D eigenvalue weighted by Crippen LogP contribution is 2.29. The molecular formula is C8H9F3N2O3. The van der Waals surface area contributed by atoms with Crippen molar-refractivity contribution in [2.24, 2.45) is 7.05 Å². The molecule has 0 aliphatic heterocycles. The maximum absolute atomic E-state index is 12.3. The smallest absolute Gasteiger partial charge is 0.435 e. The predicted molar refractivity (Wildman–Crippen MR) is 45.2 cm³/mol. The summed E-state index contributed by atoms with van der Waals surface area (Å²) in [6.45, 7) is 0. The lowest BCUT2D eigenvalue weighted by Gasteiger charge is -2.07. The van der Waals surface area contributed by atoms with Gasteiger partial charge in [0.1, 0.15) is 0 Å². The number of aliphatic hydroxyl groups is 1. The first-order valence-corrected chi connectivity index (χ1v) is 4.14. The maximum atomic E-state index is 12.3. The van der Waals surface area contributed by atoms with Crippen LogP contribution in [-0.4, -0.2) is 28.0 Å². The fraction of sp³-hybridized carbons (Fsp3) is 0.500. The first-order valence-electron chi connectivity index (χ1n) is 4.14. The highest BCUT2D eigenvalue weighted by atomic mass is 19.4. The summed E-state index contributed by atoms with van der Waals surface area (Å²) in [5.41, 5.74) is -1.45. The molecule has 0 saturated heterocycles. The minimum atomic E-state index is -4.62. The number of ether oxygens (including phenoxy) is 1. The summed E-state index contributed by atoms with van der Waals surface area (Å²) in [5, 5.41) is 12.5. The Hall–Kier alpha value is -1.57. The fourth-order valence-corrected chi connectivity index (χ4v) is 1.11. The number of halogens is 3. The summed E-state index contributed by atoms with van der Waals surface area (Å²) in [5.74, 6) is -1.04. The van der Waals surface area contributed by atoms with Crippen LogP contribution in [0.5, 0.6) is 0 Å². The van der Waals surface area contributed by atoms with Crippen LogP contribution >= 0.6 is 0 Å². The zero-order valence-corrected chi connectivity index (χ0v) is 8.45. The normalized spacial score (nSPS) is 13.6. The summed E-state index contributed by atoms with van der Waals surface area (Å²) in [6.07, 6.45) is -6.40. The molecule has 1 aromatic heterocycles. The van der Waals surface area contributed by atoms with Crippen LogP contribution in [0.3, 0.4) is 0 Å². The zero-order chi connectivity index (χ0) is 12.5. The monoisotopic (exact) mass is 238 g/mol. The molecule has 0 fully saturated rings. The molecule has 5 nitrogen and oxygen atoms in total. The van der Waals surface area contributed by atoms with Crippen molar-refractivity contribution in [2.45, 2.75) is 12.3 Å². The number of methoxy groups -OCH3 is 1. The summed E-state index contributed by atoms with van der Waals surface area (Å²) >= 11 is 0. The Morgan fingerprint density at radius 1 is 1.62 bits per heavy atom. The van der Waals surface area contributed by atoms with Gasteiger partial charge in [-0.3, -0.25) is 4.68 Å². The fourth-order valence-electron chi connectivity index (χ4n) is 1.11. The molecule has 90 valence electrons. The van der Waals surface area contributed by atoms with Crippen molar-refractivity contribution in [2.75, 3.05) is 7.11 Å². The van der Waals surface area contributed by atoms with E-state index in [1.165, 1.54) is 7.05 Å². The van der Waals surface area contributed by atoms with Gasteiger partial charge in [-0.25, -0.2) is 4.79 Å². The summed E-state index contributed by atoms with van der Waals surface area (Å²) < 4.78 is 41.7. The number of esters is 1.